The van der Waals surface area contributed by atoms with Crippen molar-refractivity contribution in [3.8, 4) is 0 Å². The molecule has 82 valence electrons. The van der Waals surface area contributed by atoms with E-state index in [-0.39, 0.29) is 0 Å². The van der Waals surface area contributed by atoms with Gasteiger partial charge in [-0.25, -0.2) is 0 Å². The van der Waals surface area contributed by atoms with Crippen molar-refractivity contribution < 1.29 is 4.74 Å². The molecule has 0 aromatic heterocycles. The third-order valence-electron chi connectivity index (χ3n) is 3.85. The smallest absolute Gasteiger partial charge is 0.0589 e. The molecule has 0 amide bonds. The maximum atomic E-state index is 5.16. The van der Waals surface area contributed by atoms with Crippen molar-refractivity contribution in [2.24, 2.45) is 0 Å². The molecule has 0 aromatic rings. The van der Waals surface area contributed by atoms with E-state index in [1.165, 1.54) is 25.7 Å². The lowest BCUT2D eigenvalue weighted by molar-refractivity contribution is 0.0791. The van der Waals surface area contributed by atoms with Gasteiger partial charge in [0.2, 0.25) is 0 Å². The summed E-state index contributed by atoms with van der Waals surface area (Å²) in [7, 11) is 3.89. The number of fused-ring (bicyclic) bond motifs is 2. The zero-order chi connectivity index (χ0) is 9.97. The molecule has 0 radical (unpaired) electrons. The van der Waals surface area contributed by atoms with E-state index < -0.39 is 0 Å². The minimum absolute atomic E-state index is 0.756. The van der Waals surface area contributed by atoms with Gasteiger partial charge in [0.15, 0.2) is 0 Å². The van der Waals surface area contributed by atoms with E-state index in [0.29, 0.717) is 0 Å². The van der Waals surface area contributed by atoms with Crippen LogP contribution in [-0.4, -0.2) is 50.3 Å². The molecule has 0 spiro atoms. The Labute approximate surface area is 86.8 Å². The number of piperidine rings is 1. The van der Waals surface area contributed by atoms with Gasteiger partial charge in [-0.3, -0.25) is 4.90 Å². The van der Waals surface area contributed by atoms with E-state index in [1.54, 1.807) is 7.11 Å². The number of nitrogens with zero attached hydrogens (tertiary/aromatic N) is 1. The van der Waals surface area contributed by atoms with Crippen LogP contribution in [0.2, 0.25) is 0 Å². The molecule has 2 fully saturated rings. The molecule has 0 aliphatic carbocycles. The molecule has 2 heterocycles. The van der Waals surface area contributed by atoms with Crippen LogP contribution >= 0.6 is 0 Å². The summed E-state index contributed by atoms with van der Waals surface area (Å²) in [6.45, 7) is 2.01. The first kappa shape index (κ1) is 10.4. The second kappa shape index (κ2) is 4.60. The van der Waals surface area contributed by atoms with Crippen LogP contribution in [0, 0.1) is 0 Å². The average Bonchev–Trinajstić information content (AvgIpc) is 2.46. The normalized spacial score (nSPS) is 37.7. The molecule has 3 atom stereocenters. The fourth-order valence-electron chi connectivity index (χ4n) is 3.07. The van der Waals surface area contributed by atoms with Gasteiger partial charge in [0.25, 0.3) is 0 Å². The van der Waals surface area contributed by atoms with Gasteiger partial charge in [-0.05, 0) is 32.7 Å². The molecule has 2 bridgehead atoms. The second-order valence-electron chi connectivity index (χ2n) is 4.57. The lowest BCUT2D eigenvalue weighted by atomic mass is 9.97. The lowest BCUT2D eigenvalue weighted by Crippen LogP contribution is -2.49. The Bertz CT molecular complexity index is 172. The molecule has 2 saturated heterocycles. The summed E-state index contributed by atoms with van der Waals surface area (Å²) < 4.78 is 5.16. The number of hydrogen-bond acceptors (Lipinski definition) is 3. The first-order valence-corrected chi connectivity index (χ1v) is 5.77. The first-order valence-electron chi connectivity index (χ1n) is 5.77. The monoisotopic (exact) mass is 198 g/mol. The topological polar surface area (TPSA) is 24.5 Å². The highest BCUT2D eigenvalue weighted by atomic mass is 16.5. The molecule has 14 heavy (non-hydrogen) atoms. The van der Waals surface area contributed by atoms with Crippen LogP contribution < -0.4 is 5.32 Å². The lowest BCUT2D eigenvalue weighted by Gasteiger charge is -2.38. The fourth-order valence-corrected chi connectivity index (χ4v) is 3.07. The molecule has 0 saturated carbocycles. The highest BCUT2D eigenvalue weighted by molar-refractivity contribution is 4.96. The SMILES string of the molecule is CNC1C[C@H]2CC[C@@H](C1)N2CCOC. The quantitative estimate of drug-likeness (QED) is 0.725. The standard InChI is InChI=1S/C11H22N2O/c1-12-9-7-10-3-4-11(8-9)13(10)5-6-14-2/h9-12H,3-8H2,1-2H3/t9?,10-,11+. The van der Waals surface area contributed by atoms with Crippen LogP contribution in [0.1, 0.15) is 25.7 Å². The van der Waals surface area contributed by atoms with Crippen molar-refractivity contribution in [3.63, 3.8) is 0 Å². The molecular weight excluding hydrogens is 176 g/mol. The Morgan fingerprint density at radius 3 is 2.43 bits per heavy atom. The number of hydrogen-bond donors (Lipinski definition) is 1. The molecule has 3 heteroatoms. The van der Waals surface area contributed by atoms with E-state index in [0.717, 1.165) is 31.3 Å². The Kier molecular flexibility index (Phi) is 3.42. The predicted octanol–water partition coefficient (Wildman–Crippen LogP) is 0.848. The Hall–Kier alpha value is -0.120. The Balaban J connectivity index is 1.89. The van der Waals surface area contributed by atoms with Gasteiger partial charge in [0.05, 0.1) is 6.61 Å². The van der Waals surface area contributed by atoms with Crippen LogP contribution in [0.5, 0.6) is 0 Å². The molecule has 2 rings (SSSR count). The average molecular weight is 198 g/mol. The van der Waals surface area contributed by atoms with Crippen LogP contribution in [-0.2, 0) is 4.74 Å². The van der Waals surface area contributed by atoms with Crippen molar-refractivity contribution in [2.75, 3.05) is 27.3 Å². The zero-order valence-corrected chi connectivity index (χ0v) is 9.33. The van der Waals surface area contributed by atoms with Crippen LogP contribution in [0.25, 0.3) is 0 Å². The Morgan fingerprint density at radius 1 is 1.29 bits per heavy atom. The van der Waals surface area contributed by atoms with Gasteiger partial charge in [-0.2, -0.15) is 0 Å². The van der Waals surface area contributed by atoms with E-state index in [2.05, 4.69) is 17.3 Å². The van der Waals surface area contributed by atoms with Crippen molar-refractivity contribution in [1.29, 1.82) is 0 Å². The van der Waals surface area contributed by atoms with Crippen molar-refractivity contribution in [2.45, 2.75) is 43.8 Å². The highest BCUT2D eigenvalue weighted by Gasteiger charge is 2.39. The second-order valence-corrected chi connectivity index (χ2v) is 4.57. The largest absolute Gasteiger partial charge is 0.383 e. The molecule has 1 N–H and O–H groups in total. The summed E-state index contributed by atoms with van der Waals surface area (Å²) in [6, 6.07) is 2.40. The summed E-state index contributed by atoms with van der Waals surface area (Å²) in [5, 5.41) is 3.42. The maximum absolute atomic E-state index is 5.16. The van der Waals surface area contributed by atoms with Gasteiger partial charge < -0.3 is 10.1 Å². The molecule has 0 aromatic carbocycles. The molecule has 1 unspecified atom stereocenters. The molecule has 3 nitrogen and oxygen atoms in total. The molecule has 2 aliphatic heterocycles. The van der Waals surface area contributed by atoms with E-state index in [1.807, 2.05) is 0 Å². The van der Waals surface area contributed by atoms with E-state index in [4.69, 9.17) is 4.74 Å². The predicted molar refractivity (Wildman–Crippen MR) is 57.5 cm³/mol. The third-order valence-corrected chi connectivity index (χ3v) is 3.85. The fraction of sp³-hybridized carbons (Fsp3) is 1.00. The summed E-state index contributed by atoms with van der Waals surface area (Å²) in [4.78, 5) is 2.66. The molecule has 2 aliphatic rings. The zero-order valence-electron chi connectivity index (χ0n) is 9.33. The summed E-state index contributed by atoms with van der Waals surface area (Å²) in [6.07, 6.45) is 5.45. The summed E-state index contributed by atoms with van der Waals surface area (Å²) in [5.41, 5.74) is 0. The molecular formula is C11H22N2O. The van der Waals surface area contributed by atoms with E-state index in [9.17, 15) is 0 Å². The highest BCUT2D eigenvalue weighted by Crippen LogP contribution is 2.35. The third kappa shape index (κ3) is 1.95. The first-order chi connectivity index (χ1) is 6.85. The van der Waals surface area contributed by atoms with Crippen molar-refractivity contribution in [3.05, 3.63) is 0 Å². The van der Waals surface area contributed by atoms with Crippen molar-refractivity contribution >= 4 is 0 Å². The van der Waals surface area contributed by atoms with Crippen LogP contribution in [0.15, 0.2) is 0 Å². The number of ether oxygens (including phenoxy) is 1. The number of methoxy groups -OCH3 is 1. The van der Waals surface area contributed by atoms with Gasteiger partial charge in [0, 0.05) is 31.8 Å². The minimum Gasteiger partial charge on any atom is -0.383 e. The minimum atomic E-state index is 0.756. The van der Waals surface area contributed by atoms with Gasteiger partial charge in [0.1, 0.15) is 0 Å². The van der Waals surface area contributed by atoms with Crippen LogP contribution in [0.4, 0.5) is 0 Å². The van der Waals surface area contributed by atoms with Gasteiger partial charge in [-0.15, -0.1) is 0 Å². The summed E-state index contributed by atoms with van der Waals surface area (Å²) >= 11 is 0. The van der Waals surface area contributed by atoms with Crippen LogP contribution in [0.3, 0.4) is 0 Å². The van der Waals surface area contributed by atoms with Gasteiger partial charge in [-0.1, -0.05) is 0 Å². The van der Waals surface area contributed by atoms with Crippen molar-refractivity contribution in [1.82, 2.24) is 10.2 Å². The number of nitrogens with one attached hydrogen (secondary N) is 1. The van der Waals surface area contributed by atoms with E-state index >= 15 is 0 Å². The number of rotatable bonds is 4. The summed E-state index contributed by atoms with van der Waals surface area (Å²) in [5.74, 6) is 0. The Morgan fingerprint density at radius 2 is 1.93 bits per heavy atom. The van der Waals surface area contributed by atoms with Gasteiger partial charge >= 0.3 is 0 Å². The maximum Gasteiger partial charge on any atom is 0.0589 e.